The number of urea groups is 1. The first-order chi connectivity index (χ1) is 11.8. The lowest BCUT2D eigenvalue weighted by Crippen LogP contribution is -2.36. The van der Waals surface area contributed by atoms with Gasteiger partial charge in [-0.25, -0.2) is 4.79 Å². The quantitative estimate of drug-likeness (QED) is 0.731. The molecule has 0 atom stereocenters. The van der Waals surface area contributed by atoms with E-state index in [9.17, 15) is 4.79 Å². The average molecular weight is 321 g/mol. The first-order valence-electron chi connectivity index (χ1n) is 7.86. The van der Waals surface area contributed by atoms with Crippen LogP contribution in [-0.4, -0.2) is 17.6 Å². The van der Waals surface area contributed by atoms with E-state index in [4.69, 9.17) is 4.42 Å². The Morgan fingerprint density at radius 3 is 2.67 bits per heavy atom. The van der Waals surface area contributed by atoms with Crippen LogP contribution in [0.15, 0.2) is 71.5 Å². The van der Waals surface area contributed by atoms with Gasteiger partial charge in [0, 0.05) is 19.3 Å². The molecule has 0 saturated heterocycles. The number of nitrogens with one attached hydrogen (secondary N) is 2. The molecular weight excluding hydrogens is 302 g/mol. The highest BCUT2D eigenvalue weighted by molar-refractivity contribution is 5.73. The van der Waals surface area contributed by atoms with Crippen LogP contribution in [0.3, 0.4) is 0 Å². The zero-order valence-corrected chi connectivity index (χ0v) is 13.2. The number of pyridine rings is 1. The van der Waals surface area contributed by atoms with Crippen molar-refractivity contribution in [3.8, 4) is 11.5 Å². The van der Waals surface area contributed by atoms with Crippen LogP contribution < -0.4 is 10.6 Å². The van der Waals surface area contributed by atoms with Crippen LogP contribution in [0.5, 0.6) is 0 Å². The molecular formula is C19H19N3O2. The van der Waals surface area contributed by atoms with Crippen LogP contribution in [0, 0.1) is 0 Å². The minimum atomic E-state index is -0.178. The summed E-state index contributed by atoms with van der Waals surface area (Å²) in [6.45, 7) is 1.04. The minimum absolute atomic E-state index is 0.178. The van der Waals surface area contributed by atoms with Crippen LogP contribution in [0.25, 0.3) is 11.5 Å². The number of hydrogen-bond acceptors (Lipinski definition) is 3. The van der Waals surface area contributed by atoms with Gasteiger partial charge in [0.15, 0.2) is 5.76 Å². The molecule has 0 bridgehead atoms. The van der Waals surface area contributed by atoms with Gasteiger partial charge in [-0.1, -0.05) is 30.3 Å². The van der Waals surface area contributed by atoms with Crippen molar-refractivity contribution < 1.29 is 9.21 Å². The maximum atomic E-state index is 11.9. The second kappa shape index (κ2) is 7.97. The Labute approximate surface area is 140 Å². The van der Waals surface area contributed by atoms with Gasteiger partial charge in [0.25, 0.3) is 0 Å². The van der Waals surface area contributed by atoms with Gasteiger partial charge in [-0.2, -0.15) is 0 Å². The van der Waals surface area contributed by atoms with E-state index in [-0.39, 0.29) is 6.03 Å². The fourth-order valence-corrected chi connectivity index (χ4v) is 2.35. The lowest BCUT2D eigenvalue weighted by Gasteiger charge is -2.08. The van der Waals surface area contributed by atoms with Gasteiger partial charge in [0.05, 0.1) is 6.26 Å². The van der Waals surface area contributed by atoms with E-state index in [1.165, 1.54) is 5.56 Å². The van der Waals surface area contributed by atoms with E-state index >= 15 is 0 Å². The Morgan fingerprint density at radius 2 is 1.88 bits per heavy atom. The molecule has 3 rings (SSSR count). The van der Waals surface area contributed by atoms with Crippen molar-refractivity contribution in [3.05, 3.63) is 78.2 Å². The zero-order valence-electron chi connectivity index (χ0n) is 13.2. The lowest BCUT2D eigenvalue weighted by atomic mass is 10.1. The summed E-state index contributed by atoms with van der Waals surface area (Å²) in [6.07, 6.45) is 4.14. The fourth-order valence-electron chi connectivity index (χ4n) is 2.35. The van der Waals surface area contributed by atoms with E-state index in [0.29, 0.717) is 18.8 Å². The highest BCUT2D eigenvalue weighted by atomic mass is 16.3. The van der Waals surface area contributed by atoms with E-state index in [2.05, 4.69) is 15.6 Å². The number of amides is 2. The van der Waals surface area contributed by atoms with Gasteiger partial charge >= 0.3 is 6.03 Å². The summed E-state index contributed by atoms with van der Waals surface area (Å²) in [5.74, 6) is 0.712. The summed E-state index contributed by atoms with van der Waals surface area (Å²) in [6, 6.07) is 17.3. The number of carbonyl (C=O) groups is 1. The van der Waals surface area contributed by atoms with Crippen molar-refractivity contribution >= 4 is 6.03 Å². The Hall–Kier alpha value is -3.08. The van der Waals surface area contributed by atoms with Crippen molar-refractivity contribution in [1.29, 1.82) is 0 Å². The van der Waals surface area contributed by atoms with Gasteiger partial charge in [-0.15, -0.1) is 0 Å². The Bertz CT molecular complexity index is 770. The highest BCUT2D eigenvalue weighted by Gasteiger charge is 2.05. The van der Waals surface area contributed by atoms with Crippen LogP contribution >= 0.6 is 0 Å². The summed E-state index contributed by atoms with van der Waals surface area (Å²) >= 11 is 0. The topological polar surface area (TPSA) is 67.2 Å². The third kappa shape index (κ3) is 4.46. The van der Waals surface area contributed by atoms with Crippen molar-refractivity contribution in [2.75, 3.05) is 6.54 Å². The summed E-state index contributed by atoms with van der Waals surface area (Å²) in [5.41, 5.74) is 2.92. The SMILES string of the molecule is O=C(NCCc1ccccc1)NCc1ccnc(-c2ccco2)c1. The highest BCUT2D eigenvalue weighted by Crippen LogP contribution is 2.17. The number of rotatable bonds is 6. The molecule has 2 N–H and O–H groups in total. The third-order valence-corrected chi connectivity index (χ3v) is 3.59. The number of nitrogens with zero attached hydrogens (tertiary/aromatic N) is 1. The lowest BCUT2D eigenvalue weighted by molar-refractivity contribution is 0.240. The molecule has 0 fully saturated rings. The van der Waals surface area contributed by atoms with E-state index in [1.807, 2.05) is 54.6 Å². The Kier molecular flexibility index (Phi) is 5.24. The van der Waals surface area contributed by atoms with Crippen molar-refractivity contribution in [2.24, 2.45) is 0 Å². The van der Waals surface area contributed by atoms with Crippen LogP contribution in [0.4, 0.5) is 4.79 Å². The molecule has 5 nitrogen and oxygen atoms in total. The van der Waals surface area contributed by atoms with Gasteiger partial charge < -0.3 is 15.1 Å². The normalized spacial score (nSPS) is 10.3. The third-order valence-electron chi connectivity index (χ3n) is 3.59. The predicted octanol–water partition coefficient (Wildman–Crippen LogP) is 3.38. The predicted molar refractivity (Wildman–Crippen MR) is 92.3 cm³/mol. The van der Waals surface area contributed by atoms with Crippen molar-refractivity contribution in [1.82, 2.24) is 15.6 Å². The van der Waals surface area contributed by atoms with Gasteiger partial charge in [-0.05, 0) is 41.8 Å². The number of aromatic nitrogens is 1. The van der Waals surface area contributed by atoms with Crippen molar-refractivity contribution in [2.45, 2.75) is 13.0 Å². The van der Waals surface area contributed by atoms with E-state index < -0.39 is 0 Å². The number of hydrogen-bond donors (Lipinski definition) is 2. The number of furan rings is 1. The van der Waals surface area contributed by atoms with Gasteiger partial charge in [-0.3, -0.25) is 4.98 Å². The molecule has 0 radical (unpaired) electrons. The fraction of sp³-hybridized carbons (Fsp3) is 0.158. The molecule has 5 heteroatoms. The standard InChI is InChI=1S/C19H19N3O2/c23-19(21-11-8-15-5-2-1-3-6-15)22-14-16-9-10-20-17(13-16)18-7-4-12-24-18/h1-7,9-10,12-13H,8,11,14H2,(H2,21,22,23). The molecule has 0 saturated carbocycles. The summed E-state index contributed by atoms with van der Waals surface area (Å²) in [7, 11) is 0. The Morgan fingerprint density at radius 1 is 1.00 bits per heavy atom. The average Bonchev–Trinajstić information content (AvgIpc) is 3.16. The largest absolute Gasteiger partial charge is 0.463 e. The number of benzene rings is 1. The summed E-state index contributed by atoms with van der Waals surface area (Å²) in [5, 5.41) is 5.71. The first-order valence-corrected chi connectivity index (χ1v) is 7.86. The maximum Gasteiger partial charge on any atom is 0.315 e. The molecule has 2 heterocycles. The van der Waals surface area contributed by atoms with Crippen LogP contribution in [0.1, 0.15) is 11.1 Å². The molecule has 2 aromatic heterocycles. The van der Waals surface area contributed by atoms with Crippen LogP contribution in [0.2, 0.25) is 0 Å². The number of carbonyl (C=O) groups excluding carboxylic acids is 1. The molecule has 0 aliphatic rings. The van der Waals surface area contributed by atoms with Crippen molar-refractivity contribution in [3.63, 3.8) is 0 Å². The molecule has 0 aliphatic carbocycles. The molecule has 3 aromatic rings. The first kappa shape index (κ1) is 15.8. The molecule has 24 heavy (non-hydrogen) atoms. The molecule has 2 amide bonds. The molecule has 0 aliphatic heterocycles. The zero-order chi connectivity index (χ0) is 16.6. The molecule has 0 unspecified atom stereocenters. The summed E-state index contributed by atoms with van der Waals surface area (Å²) in [4.78, 5) is 16.1. The second-order valence-electron chi connectivity index (χ2n) is 5.37. The van der Waals surface area contributed by atoms with Gasteiger partial charge in [0.1, 0.15) is 5.69 Å². The Balaban J connectivity index is 1.45. The molecule has 0 spiro atoms. The summed E-state index contributed by atoms with van der Waals surface area (Å²) < 4.78 is 5.33. The molecule has 1 aromatic carbocycles. The molecule has 122 valence electrons. The van der Waals surface area contributed by atoms with Crippen LogP contribution in [-0.2, 0) is 13.0 Å². The smallest absolute Gasteiger partial charge is 0.315 e. The second-order valence-corrected chi connectivity index (χ2v) is 5.37. The maximum absolute atomic E-state index is 11.9. The minimum Gasteiger partial charge on any atom is -0.463 e. The van der Waals surface area contributed by atoms with E-state index in [1.54, 1.807) is 12.5 Å². The monoisotopic (exact) mass is 321 g/mol. The van der Waals surface area contributed by atoms with E-state index in [0.717, 1.165) is 17.7 Å². The van der Waals surface area contributed by atoms with Gasteiger partial charge in [0.2, 0.25) is 0 Å².